The molecule has 0 aromatic heterocycles. The monoisotopic (exact) mass is 432 g/mol. The summed E-state index contributed by atoms with van der Waals surface area (Å²) >= 11 is 0. The zero-order chi connectivity index (χ0) is 21.8. The molecule has 6 nitrogen and oxygen atoms in total. The zero-order valence-electron chi connectivity index (χ0n) is 16.7. The maximum atomic E-state index is 12.8. The summed E-state index contributed by atoms with van der Waals surface area (Å²) in [6.45, 7) is 0. The third-order valence-electron chi connectivity index (χ3n) is 4.79. The molecule has 0 fully saturated rings. The molecule has 0 unspecified atom stereocenters. The molecule has 2 N–H and O–H groups in total. The molecule has 0 saturated heterocycles. The normalized spacial score (nSPS) is 11.1. The van der Waals surface area contributed by atoms with Crippen LogP contribution in [0.1, 0.15) is 10.4 Å². The van der Waals surface area contributed by atoms with Crippen LogP contribution in [0.25, 0.3) is 10.8 Å². The number of rotatable bonds is 6. The number of amides is 1. The predicted octanol–water partition coefficient (Wildman–Crippen LogP) is 4.90. The standard InChI is InChI=1S/C24H20N2O4S/c1-30-20-14-12-19(13-15-20)26-31(28,29)21-9-4-8-18(16-21)24(27)25-23-11-5-7-17-6-2-3-10-22(17)23/h2-16,26H,1H3,(H,25,27). The summed E-state index contributed by atoms with van der Waals surface area (Å²) in [6.07, 6.45) is 0. The molecule has 0 heterocycles. The van der Waals surface area contributed by atoms with Gasteiger partial charge in [0.1, 0.15) is 5.75 Å². The summed E-state index contributed by atoms with van der Waals surface area (Å²) in [5, 5.41) is 4.78. The van der Waals surface area contributed by atoms with Crippen LogP contribution >= 0.6 is 0 Å². The van der Waals surface area contributed by atoms with Gasteiger partial charge in [0.25, 0.3) is 15.9 Å². The molecule has 4 aromatic rings. The van der Waals surface area contributed by atoms with E-state index in [0.717, 1.165) is 10.8 Å². The van der Waals surface area contributed by atoms with Crippen LogP contribution in [0.15, 0.2) is 95.9 Å². The first-order valence-electron chi connectivity index (χ1n) is 9.52. The first-order chi connectivity index (χ1) is 15.0. The fourth-order valence-corrected chi connectivity index (χ4v) is 4.31. The van der Waals surface area contributed by atoms with Gasteiger partial charge < -0.3 is 10.1 Å². The molecule has 0 aliphatic carbocycles. The summed E-state index contributed by atoms with van der Waals surface area (Å²) < 4.78 is 33.2. The second-order valence-corrected chi connectivity index (χ2v) is 8.53. The Labute approximate surface area is 180 Å². The lowest BCUT2D eigenvalue weighted by Crippen LogP contribution is -2.16. The maximum absolute atomic E-state index is 12.8. The van der Waals surface area contributed by atoms with Gasteiger partial charge in [-0.3, -0.25) is 9.52 Å². The number of nitrogens with one attached hydrogen (secondary N) is 2. The molecule has 7 heteroatoms. The number of anilines is 2. The molecule has 0 radical (unpaired) electrons. The molecular weight excluding hydrogens is 412 g/mol. The third-order valence-corrected chi connectivity index (χ3v) is 6.17. The summed E-state index contributed by atoms with van der Waals surface area (Å²) in [7, 11) is -2.33. The maximum Gasteiger partial charge on any atom is 0.261 e. The summed E-state index contributed by atoms with van der Waals surface area (Å²) in [6, 6.07) is 25.8. The summed E-state index contributed by atoms with van der Waals surface area (Å²) in [4.78, 5) is 12.8. The Morgan fingerprint density at radius 3 is 2.32 bits per heavy atom. The SMILES string of the molecule is COc1ccc(NS(=O)(=O)c2cccc(C(=O)Nc3cccc4ccccc34)c2)cc1. The lowest BCUT2D eigenvalue weighted by Gasteiger charge is -2.11. The molecule has 0 saturated carbocycles. The highest BCUT2D eigenvalue weighted by Crippen LogP contribution is 2.24. The predicted molar refractivity (Wildman–Crippen MR) is 122 cm³/mol. The van der Waals surface area contributed by atoms with Gasteiger partial charge >= 0.3 is 0 Å². The molecule has 4 aromatic carbocycles. The number of hydrogen-bond donors (Lipinski definition) is 2. The van der Waals surface area contributed by atoms with Crippen molar-refractivity contribution in [3.8, 4) is 5.75 Å². The van der Waals surface area contributed by atoms with Gasteiger partial charge in [-0.2, -0.15) is 0 Å². The van der Waals surface area contributed by atoms with Crippen molar-refractivity contribution in [1.82, 2.24) is 0 Å². The average Bonchev–Trinajstić information content (AvgIpc) is 2.80. The average molecular weight is 433 g/mol. The van der Waals surface area contributed by atoms with Crippen molar-refractivity contribution in [2.45, 2.75) is 4.90 Å². The van der Waals surface area contributed by atoms with Gasteiger partial charge in [0.15, 0.2) is 0 Å². The highest BCUT2D eigenvalue weighted by molar-refractivity contribution is 7.92. The van der Waals surface area contributed by atoms with Crippen LogP contribution < -0.4 is 14.8 Å². The van der Waals surface area contributed by atoms with Gasteiger partial charge in [-0.25, -0.2) is 8.42 Å². The van der Waals surface area contributed by atoms with E-state index >= 15 is 0 Å². The molecule has 31 heavy (non-hydrogen) atoms. The molecule has 0 atom stereocenters. The number of hydrogen-bond acceptors (Lipinski definition) is 4. The Bertz CT molecular complexity index is 1340. The van der Waals surface area contributed by atoms with E-state index in [1.807, 2.05) is 42.5 Å². The lowest BCUT2D eigenvalue weighted by atomic mass is 10.1. The Balaban J connectivity index is 1.57. The van der Waals surface area contributed by atoms with E-state index in [1.165, 1.54) is 19.2 Å². The van der Waals surface area contributed by atoms with Gasteiger partial charge in [-0.15, -0.1) is 0 Å². The Kier molecular flexibility index (Phi) is 5.60. The Hall–Kier alpha value is -3.84. The minimum Gasteiger partial charge on any atom is -0.497 e. The molecule has 0 aliphatic heterocycles. The quantitative estimate of drug-likeness (QED) is 0.454. The summed E-state index contributed by atoms with van der Waals surface area (Å²) in [5.41, 5.74) is 1.30. The first-order valence-corrected chi connectivity index (χ1v) is 11.0. The van der Waals surface area contributed by atoms with Gasteiger partial charge in [-0.1, -0.05) is 42.5 Å². The van der Waals surface area contributed by atoms with Gasteiger partial charge in [0.2, 0.25) is 0 Å². The van der Waals surface area contributed by atoms with Crippen LogP contribution in [0.4, 0.5) is 11.4 Å². The van der Waals surface area contributed by atoms with Gasteiger partial charge in [-0.05, 0) is 53.9 Å². The lowest BCUT2D eigenvalue weighted by molar-refractivity contribution is 0.102. The molecule has 0 aliphatic rings. The molecule has 0 bridgehead atoms. The van der Waals surface area contributed by atoms with E-state index in [2.05, 4.69) is 10.0 Å². The van der Waals surface area contributed by atoms with Gasteiger partial charge in [0, 0.05) is 22.3 Å². The van der Waals surface area contributed by atoms with Crippen molar-refractivity contribution in [3.05, 3.63) is 96.6 Å². The smallest absolute Gasteiger partial charge is 0.261 e. The number of fused-ring (bicyclic) bond motifs is 1. The minimum absolute atomic E-state index is 0.00566. The molecule has 1 amide bonds. The van der Waals surface area contributed by atoms with Crippen LogP contribution in [0, 0.1) is 0 Å². The van der Waals surface area contributed by atoms with E-state index in [-0.39, 0.29) is 10.5 Å². The van der Waals surface area contributed by atoms with Crippen LogP contribution in [0.5, 0.6) is 5.75 Å². The Morgan fingerprint density at radius 1 is 0.839 bits per heavy atom. The van der Waals surface area contributed by atoms with Crippen LogP contribution in [0.3, 0.4) is 0 Å². The van der Waals surface area contributed by atoms with E-state index in [4.69, 9.17) is 4.74 Å². The molecule has 156 valence electrons. The zero-order valence-corrected chi connectivity index (χ0v) is 17.5. The third kappa shape index (κ3) is 4.51. The number of benzene rings is 4. The minimum atomic E-state index is -3.87. The van der Waals surface area contributed by atoms with Gasteiger partial charge in [0.05, 0.1) is 12.0 Å². The van der Waals surface area contributed by atoms with E-state index in [9.17, 15) is 13.2 Å². The van der Waals surface area contributed by atoms with Crippen molar-refractivity contribution in [2.24, 2.45) is 0 Å². The van der Waals surface area contributed by atoms with Crippen molar-refractivity contribution in [1.29, 1.82) is 0 Å². The highest BCUT2D eigenvalue weighted by Gasteiger charge is 2.17. The van der Waals surface area contributed by atoms with Crippen LogP contribution in [0.2, 0.25) is 0 Å². The fourth-order valence-electron chi connectivity index (χ4n) is 3.21. The number of carbonyl (C=O) groups excluding carboxylic acids is 1. The fraction of sp³-hybridized carbons (Fsp3) is 0.0417. The molecule has 0 spiro atoms. The second kappa shape index (κ2) is 8.49. The molecule has 4 rings (SSSR count). The van der Waals surface area contributed by atoms with Crippen molar-refractivity contribution >= 4 is 38.1 Å². The highest BCUT2D eigenvalue weighted by atomic mass is 32.2. The second-order valence-electron chi connectivity index (χ2n) is 6.84. The topological polar surface area (TPSA) is 84.5 Å². The Morgan fingerprint density at radius 2 is 1.55 bits per heavy atom. The van der Waals surface area contributed by atoms with E-state index in [1.54, 1.807) is 36.4 Å². The number of methoxy groups -OCH3 is 1. The number of sulfonamides is 1. The molecular formula is C24H20N2O4S. The van der Waals surface area contributed by atoms with Crippen LogP contribution in [-0.4, -0.2) is 21.4 Å². The largest absolute Gasteiger partial charge is 0.497 e. The van der Waals surface area contributed by atoms with E-state index < -0.39 is 15.9 Å². The number of carbonyl (C=O) groups is 1. The van der Waals surface area contributed by atoms with Crippen LogP contribution in [-0.2, 0) is 10.0 Å². The number of ether oxygens (including phenoxy) is 1. The van der Waals surface area contributed by atoms with E-state index in [0.29, 0.717) is 17.1 Å². The van der Waals surface area contributed by atoms with Crippen molar-refractivity contribution in [3.63, 3.8) is 0 Å². The first kappa shape index (κ1) is 20.4. The van der Waals surface area contributed by atoms with Crippen molar-refractivity contribution in [2.75, 3.05) is 17.1 Å². The van der Waals surface area contributed by atoms with Crippen molar-refractivity contribution < 1.29 is 17.9 Å². The summed E-state index contributed by atoms with van der Waals surface area (Å²) in [5.74, 6) is 0.230.